The summed E-state index contributed by atoms with van der Waals surface area (Å²) >= 11 is 0. The molecule has 0 bridgehead atoms. The molecule has 0 aliphatic heterocycles. The fourth-order valence-electron chi connectivity index (χ4n) is 1.35. The van der Waals surface area contributed by atoms with Crippen molar-refractivity contribution in [3.63, 3.8) is 0 Å². The first kappa shape index (κ1) is 12.3. The Balaban J connectivity index is 2.92. The van der Waals surface area contributed by atoms with Crippen LogP contribution in [0.15, 0.2) is 18.2 Å². The van der Waals surface area contributed by atoms with Crippen molar-refractivity contribution in [3.8, 4) is 11.8 Å². The highest BCUT2D eigenvalue weighted by Gasteiger charge is 2.09. The number of carbonyl (C=O) groups is 1. The Labute approximate surface area is 95.7 Å². The topological polar surface area (TPSA) is 50.1 Å². The number of ether oxygens (including phenoxy) is 1. The van der Waals surface area contributed by atoms with Crippen molar-refractivity contribution in [1.29, 1.82) is 5.26 Å². The van der Waals surface area contributed by atoms with Crippen LogP contribution in [0, 0.1) is 18.3 Å². The summed E-state index contributed by atoms with van der Waals surface area (Å²) < 4.78 is 5.51. The maximum absolute atomic E-state index is 11.2. The molecule has 0 fully saturated rings. The Bertz CT molecular complexity index is 432. The Kier molecular flexibility index (Phi) is 4.07. The molecule has 0 saturated heterocycles. The smallest absolute Gasteiger partial charge is 0.184 e. The minimum absolute atomic E-state index is 0.0296. The van der Waals surface area contributed by atoms with Crippen molar-refractivity contribution >= 4 is 5.78 Å². The lowest BCUT2D eigenvalue weighted by Gasteiger charge is -2.13. The second-order valence-electron chi connectivity index (χ2n) is 3.68. The Morgan fingerprint density at radius 2 is 2.25 bits per heavy atom. The Morgan fingerprint density at radius 1 is 1.56 bits per heavy atom. The highest BCUT2D eigenvalue weighted by Crippen LogP contribution is 2.21. The van der Waals surface area contributed by atoms with Gasteiger partial charge in [-0.15, -0.1) is 0 Å². The van der Waals surface area contributed by atoms with Crippen LogP contribution in [0.3, 0.4) is 0 Å². The van der Waals surface area contributed by atoms with E-state index < -0.39 is 6.10 Å². The van der Waals surface area contributed by atoms with Gasteiger partial charge in [0.2, 0.25) is 0 Å². The molecule has 0 amide bonds. The number of hydrogen-bond acceptors (Lipinski definition) is 3. The molecule has 0 radical (unpaired) electrons. The first-order valence-corrected chi connectivity index (χ1v) is 5.26. The number of nitrogens with zero attached hydrogens (tertiary/aromatic N) is 1. The summed E-state index contributed by atoms with van der Waals surface area (Å²) in [5.41, 5.74) is 1.54. The van der Waals surface area contributed by atoms with Gasteiger partial charge in [-0.05, 0) is 44.0 Å². The van der Waals surface area contributed by atoms with E-state index in [2.05, 4.69) is 6.07 Å². The van der Waals surface area contributed by atoms with Crippen LogP contribution in [0.4, 0.5) is 0 Å². The Morgan fingerprint density at radius 3 is 2.69 bits per heavy atom. The van der Waals surface area contributed by atoms with E-state index in [0.29, 0.717) is 17.7 Å². The number of ketones is 1. The molecule has 1 atom stereocenters. The zero-order valence-electron chi connectivity index (χ0n) is 9.78. The van der Waals surface area contributed by atoms with Gasteiger partial charge in [0.25, 0.3) is 0 Å². The summed E-state index contributed by atoms with van der Waals surface area (Å²) in [5.74, 6) is 0.695. The van der Waals surface area contributed by atoms with Crippen LogP contribution < -0.4 is 4.74 Å². The van der Waals surface area contributed by atoms with Crippen LogP contribution in [0.5, 0.6) is 5.75 Å². The fraction of sp³-hybridized carbons (Fsp3) is 0.385. The predicted molar refractivity (Wildman–Crippen MR) is 61.5 cm³/mol. The van der Waals surface area contributed by atoms with E-state index >= 15 is 0 Å². The first-order valence-electron chi connectivity index (χ1n) is 5.26. The average molecular weight is 217 g/mol. The SMILES string of the molecule is CCC(C#N)Oc1ccc(C(C)=O)cc1C. The van der Waals surface area contributed by atoms with Crippen molar-refractivity contribution in [2.75, 3.05) is 0 Å². The zero-order valence-corrected chi connectivity index (χ0v) is 9.78. The van der Waals surface area contributed by atoms with E-state index in [0.717, 1.165) is 5.56 Å². The number of rotatable bonds is 4. The maximum Gasteiger partial charge on any atom is 0.184 e. The second kappa shape index (κ2) is 5.32. The largest absolute Gasteiger partial charge is 0.475 e. The number of Topliss-reactive ketones (excluding diaryl/α,β-unsaturated/α-hetero) is 1. The van der Waals surface area contributed by atoms with Gasteiger partial charge in [-0.3, -0.25) is 4.79 Å². The minimum atomic E-state index is -0.429. The van der Waals surface area contributed by atoms with Gasteiger partial charge in [0.15, 0.2) is 11.9 Å². The van der Waals surface area contributed by atoms with Gasteiger partial charge >= 0.3 is 0 Å². The first-order chi connectivity index (χ1) is 7.58. The number of benzene rings is 1. The summed E-state index contributed by atoms with van der Waals surface area (Å²) in [6, 6.07) is 7.31. The lowest BCUT2D eigenvalue weighted by Crippen LogP contribution is -2.13. The summed E-state index contributed by atoms with van der Waals surface area (Å²) in [7, 11) is 0. The highest BCUT2D eigenvalue weighted by molar-refractivity contribution is 5.94. The monoisotopic (exact) mass is 217 g/mol. The average Bonchev–Trinajstić information content (AvgIpc) is 2.27. The molecule has 0 aliphatic carbocycles. The normalized spacial score (nSPS) is 11.6. The van der Waals surface area contributed by atoms with Crippen molar-refractivity contribution in [2.45, 2.75) is 33.3 Å². The lowest BCUT2D eigenvalue weighted by atomic mass is 10.1. The molecular weight excluding hydrogens is 202 g/mol. The van der Waals surface area contributed by atoms with Crippen LogP contribution in [0.1, 0.15) is 36.2 Å². The van der Waals surface area contributed by atoms with E-state index in [9.17, 15) is 4.79 Å². The lowest BCUT2D eigenvalue weighted by molar-refractivity contribution is 0.101. The van der Waals surface area contributed by atoms with Gasteiger partial charge in [0.1, 0.15) is 11.8 Å². The third kappa shape index (κ3) is 2.83. The molecule has 0 aliphatic rings. The molecule has 84 valence electrons. The quantitative estimate of drug-likeness (QED) is 0.728. The molecule has 16 heavy (non-hydrogen) atoms. The van der Waals surface area contributed by atoms with E-state index in [4.69, 9.17) is 10.00 Å². The standard InChI is InChI=1S/C13H15NO2/c1-4-12(8-14)16-13-6-5-11(10(3)15)7-9(13)2/h5-7,12H,4H2,1-3H3. The van der Waals surface area contributed by atoms with E-state index in [1.165, 1.54) is 6.92 Å². The molecule has 1 aromatic carbocycles. The molecule has 0 N–H and O–H groups in total. The third-order valence-corrected chi connectivity index (χ3v) is 2.37. The summed E-state index contributed by atoms with van der Waals surface area (Å²) in [6.45, 7) is 5.29. The molecule has 0 saturated carbocycles. The second-order valence-corrected chi connectivity index (χ2v) is 3.68. The minimum Gasteiger partial charge on any atom is -0.475 e. The molecule has 0 spiro atoms. The van der Waals surface area contributed by atoms with Gasteiger partial charge in [0, 0.05) is 5.56 Å². The van der Waals surface area contributed by atoms with Crippen LogP contribution >= 0.6 is 0 Å². The van der Waals surface area contributed by atoms with E-state index in [-0.39, 0.29) is 5.78 Å². The molecule has 1 aromatic rings. The van der Waals surface area contributed by atoms with Crippen molar-refractivity contribution in [3.05, 3.63) is 29.3 Å². The van der Waals surface area contributed by atoms with Gasteiger partial charge in [-0.2, -0.15) is 5.26 Å². The van der Waals surface area contributed by atoms with Crippen LogP contribution in [-0.2, 0) is 0 Å². The Hall–Kier alpha value is -1.82. The zero-order chi connectivity index (χ0) is 12.1. The highest BCUT2D eigenvalue weighted by atomic mass is 16.5. The van der Waals surface area contributed by atoms with Gasteiger partial charge in [0.05, 0.1) is 0 Å². The number of nitriles is 1. The molecule has 3 nitrogen and oxygen atoms in total. The fourth-order valence-corrected chi connectivity index (χ4v) is 1.35. The molecule has 0 aromatic heterocycles. The predicted octanol–water partition coefficient (Wildman–Crippen LogP) is 2.88. The van der Waals surface area contributed by atoms with Crippen LogP contribution in [0.25, 0.3) is 0 Å². The van der Waals surface area contributed by atoms with Gasteiger partial charge in [-0.1, -0.05) is 6.92 Å². The number of hydrogen-bond donors (Lipinski definition) is 0. The molecule has 1 rings (SSSR count). The van der Waals surface area contributed by atoms with E-state index in [1.54, 1.807) is 18.2 Å². The van der Waals surface area contributed by atoms with Gasteiger partial charge < -0.3 is 4.74 Å². The number of aryl methyl sites for hydroxylation is 1. The summed E-state index contributed by atoms with van der Waals surface area (Å²) in [4.78, 5) is 11.2. The summed E-state index contributed by atoms with van der Waals surface area (Å²) in [6.07, 6.45) is 0.214. The summed E-state index contributed by atoms with van der Waals surface area (Å²) in [5, 5.41) is 8.79. The van der Waals surface area contributed by atoms with Crippen LogP contribution in [0.2, 0.25) is 0 Å². The van der Waals surface area contributed by atoms with Crippen LogP contribution in [-0.4, -0.2) is 11.9 Å². The molecule has 0 heterocycles. The molecule has 1 unspecified atom stereocenters. The molecular formula is C13H15NO2. The number of carbonyl (C=O) groups excluding carboxylic acids is 1. The van der Waals surface area contributed by atoms with Crippen molar-refractivity contribution in [2.24, 2.45) is 0 Å². The van der Waals surface area contributed by atoms with Crippen molar-refractivity contribution in [1.82, 2.24) is 0 Å². The van der Waals surface area contributed by atoms with Crippen molar-refractivity contribution < 1.29 is 9.53 Å². The van der Waals surface area contributed by atoms with Gasteiger partial charge in [-0.25, -0.2) is 0 Å². The van der Waals surface area contributed by atoms with E-state index in [1.807, 2.05) is 13.8 Å². The maximum atomic E-state index is 11.2. The third-order valence-electron chi connectivity index (χ3n) is 2.37. The molecule has 3 heteroatoms.